The first kappa shape index (κ1) is 33.4. The van der Waals surface area contributed by atoms with Gasteiger partial charge in [0.25, 0.3) is 0 Å². The van der Waals surface area contributed by atoms with Crippen LogP contribution in [0.5, 0.6) is 0 Å². The molecule has 10 heteroatoms. The van der Waals surface area contributed by atoms with Crippen LogP contribution in [-0.2, 0) is 28.6 Å². The van der Waals surface area contributed by atoms with E-state index in [2.05, 4.69) is 20.8 Å². The number of aliphatic hydroxyl groups excluding tert-OH is 1. The Kier molecular flexibility index (Phi) is 8.10. The van der Waals surface area contributed by atoms with Crippen molar-refractivity contribution in [2.75, 3.05) is 32.8 Å². The number of rotatable bonds is 8. The number of nitrogens with zero attached hydrogens (tertiary/aromatic N) is 2. The number of aliphatic hydroxyl groups is 1. The summed E-state index contributed by atoms with van der Waals surface area (Å²) in [5.41, 5.74) is 0.598. The van der Waals surface area contributed by atoms with Gasteiger partial charge in [-0.1, -0.05) is 20.8 Å². The van der Waals surface area contributed by atoms with Crippen molar-refractivity contribution in [2.45, 2.75) is 135 Å². The van der Waals surface area contributed by atoms with Gasteiger partial charge in [-0.3, -0.25) is 14.4 Å². The van der Waals surface area contributed by atoms with Gasteiger partial charge in [0.2, 0.25) is 11.8 Å². The van der Waals surface area contributed by atoms with Crippen molar-refractivity contribution in [3.8, 4) is 0 Å². The van der Waals surface area contributed by atoms with Gasteiger partial charge >= 0.3 is 5.97 Å². The molecule has 8 rings (SSSR count). The number of carbonyl (C=O) groups excluding carboxylic acids is 2. The molecule has 8 fully saturated rings. The molecule has 2 spiro atoms. The Morgan fingerprint density at radius 3 is 2.46 bits per heavy atom. The van der Waals surface area contributed by atoms with E-state index in [0.29, 0.717) is 49.3 Å². The molecule has 0 aromatic rings. The molecule has 0 aromatic heterocycles. The van der Waals surface area contributed by atoms with Gasteiger partial charge in [-0.2, -0.15) is 0 Å². The summed E-state index contributed by atoms with van der Waals surface area (Å²) in [7, 11) is 0. The molecule has 2 amide bonds. The zero-order chi connectivity index (χ0) is 33.8. The summed E-state index contributed by atoms with van der Waals surface area (Å²) in [6.07, 6.45) is 11.5. The van der Waals surface area contributed by atoms with Gasteiger partial charge in [-0.25, -0.2) is 0 Å². The molecule has 6 saturated carbocycles. The summed E-state index contributed by atoms with van der Waals surface area (Å²) in [4.78, 5) is 39.8. The lowest BCUT2D eigenvalue weighted by Gasteiger charge is -2.60. The smallest absolute Gasteiger partial charge is 0.323 e. The molecule has 48 heavy (non-hydrogen) atoms. The predicted octanol–water partition coefficient (Wildman–Crippen LogP) is 4.47. The molecule has 0 aromatic carbocycles. The number of morpholine rings is 1. The first-order valence-corrected chi connectivity index (χ1v) is 19.1. The third-order valence-electron chi connectivity index (χ3n) is 15.7. The van der Waals surface area contributed by atoms with Crippen molar-refractivity contribution >= 4 is 17.8 Å². The van der Waals surface area contributed by atoms with Crippen LogP contribution >= 0.6 is 0 Å². The molecule has 2 saturated heterocycles. The van der Waals surface area contributed by atoms with Gasteiger partial charge in [0, 0.05) is 26.4 Å². The van der Waals surface area contributed by atoms with E-state index in [-0.39, 0.29) is 77.6 Å². The zero-order valence-electron chi connectivity index (χ0n) is 29.5. The molecule has 12 atom stereocenters. The topological polar surface area (TPSA) is 126 Å². The number of fused-ring (bicyclic) bond motifs is 4. The van der Waals surface area contributed by atoms with E-state index in [0.717, 1.165) is 44.9 Å². The summed E-state index contributed by atoms with van der Waals surface area (Å²) < 4.78 is 19.6. The molecule has 7 unspecified atom stereocenters. The highest BCUT2D eigenvalue weighted by Gasteiger charge is 2.81. The van der Waals surface area contributed by atoms with Gasteiger partial charge in [0.1, 0.15) is 6.54 Å². The normalized spacial score (nSPS) is 47.1. The van der Waals surface area contributed by atoms with E-state index in [4.69, 9.17) is 14.2 Å². The molecular formula is C38H58N2O8. The maximum Gasteiger partial charge on any atom is 0.323 e. The highest BCUT2D eigenvalue weighted by molar-refractivity contribution is 5.79. The quantitative estimate of drug-likeness (QED) is 0.388. The highest BCUT2D eigenvalue weighted by Crippen LogP contribution is 2.87. The van der Waals surface area contributed by atoms with Gasteiger partial charge in [-0.05, 0) is 122 Å². The number of carboxylic acid groups (broad SMARTS) is 1. The third kappa shape index (κ3) is 5.11. The summed E-state index contributed by atoms with van der Waals surface area (Å²) in [6.45, 7) is 10.3. The molecule has 0 bridgehead atoms. The molecule has 10 nitrogen and oxygen atoms in total. The van der Waals surface area contributed by atoms with Crippen LogP contribution in [0.4, 0.5) is 0 Å². The molecule has 8 aliphatic rings. The molecular weight excluding hydrogens is 612 g/mol. The van der Waals surface area contributed by atoms with Crippen LogP contribution in [0.2, 0.25) is 0 Å². The van der Waals surface area contributed by atoms with Crippen LogP contribution < -0.4 is 0 Å². The molecule has 6 aliphatic carbocycles. The Morgan fingerprint density at radius 1 is 0.958 bits per heavy atom. The average molecular weight is 671 g/mol. The fraction of sp³-hybridized carbons (Fsp3) is 0.921. The van der Waals surface area contributed by atoms with Crippen molar-refractivity contribution in [1.82, 2.24) is 9.80 Å². The minimum Gasteiger partial charge on any atom is -0.480 e. The molecule has 2 aliphatic heterocycles. The standard InChI is InChI=1S/C38H58N2O8/c1-22(41)40(19-30(43)44)18-24-7-8-26-34(47-24)33(45)32-25-9-10-27-35(2,3)28(11-12-38(27)21-37(25,38)14-13-36(26,32)4)48-31-20-39(15-16-46-31)29(42)17-23-5-6-23/h23-28,31-34,45H,5-21H2,1-4H3,(H,43,44)/t24?,25?,26-,27?,28-,31?,32?,33+,34?,36+,37?,38+/m0/s1. The molecule has 2 N–H and O–H groups in total. The number of hydrogen-bond donors (Lipinski definition) is 2. The number of amides is 2. The van der Waals surface area contributed by atoms with Crippen LogP contribution in [0, 0.1) is 51.2 Å². The van der Waals surface area contributed by atoms with Gasteiger partial charge in [0.15, 0.2) is 6.29 Å². The number of ether oxygens (including phenoxy) is 3. The fourth-order valence-electron chi connectivity index (χ4n) is 13.2. The van der Waals surface area contributed by atoms with Crippen LogP contribution in [0.25, 0.3) is 0 Å². The Balaban J connectivity index is 0.950. The van der Waals surface area contributed by atoms with Gasteiger partial charge in [0.05, 0.1) is 37.6 Å². The Bertz CT molecular complexity index is 1320. The third-order valence-corrected chi connectivity index (χ3v) is 15.7. The largest absolute Gasteiger partial charge is 0.480 e. The zero-order valence-corrected chi connectivity index (χ0v) is 29.5. The monoisotopic (exact) mass is 670 g/mol. The summed E-state index contributed by atoms with van der Waals surface area (Å²) >= 11 is 0. The summed E-state index contributed by atoms with van der Waals surface area (Å²) in [5.74, 6) is 1.09. The number of carboxylic acids is 1. The second-order valence-electron chi connectivity index (χ2n) is 18.2. The maximum atomic E-state index is 12.9. The first-order valence-electron chi connectivity index (χ1n) is 19.1. The van der Waals surface area contributed by atoms with E-state index in [1.54, 1.807) is 0 Å². The molecule has 268 valence electrons. The lowest BCUT2D eigenvalue weighted by atomic mass is 9.46. The average Bonchev–Trinajstić information content (AvgIpc) is 3.95. The summed E-state index contributed by atoms with van der Waals surface area (Å²) in [6, 6.07) is 0. The van der Waals surface area contributed by atoms with E-state index in [1.807, 2.05) is 4.90 Å². The van der Waals surface area contributed by atoms with Crippen LogP contribution in [-0.4, -0.2) is 101 Å². The highest BCUT2D eigenvalue weighted by atomic mass is 16.7. The van der Waals surface area contributed by atoms with E-state index in [1.165, 1.54) is 37.5 Å². The first-order chi connectivity index (χ1) is 22.8. The Hall–Kier alpha value is -1.75. The second-order valence-corrected chi connectivity index (χ2v) is 18.2. The van der Waals surface area contributed by atoms with Crippen molar-refractivity contribution in [1.29, 1.82) is 0 Å². The van der Waals surface area contributed by atoms with Crippen LogP contribution in [0.15, 0.2) is 0 Å². The Morgan fingerprint density at radius 2 is 1.73 bits per heavy atom. The van der Waals surface area contributed by atoms with Crippen LogP contribution in [0.1, 0.15) is 105 Å². The minimum absolute atomic E-state index is 0.00568. The lowest BCUT2D eigenvalue weighted by molar-refractivity contribution is -0.245. The van der Waals surface area contributed by atoms with Gasteiger partial charge < -0.3 is 34.2 Å². The number of carbonyl (C=O) groups is 3. The number of hydrogen-bond acceptors (Lipinski definition) is 7. The number of aliphatic carboxylic acids is 1. The van der Waals surface area contributed by atoms with Crippen molar-refractivity contribution in [3.05, 3.63) is 0 Å². The molecule has 2 heterocycles. The predicted molar refractivity (Wildman–Crippen MR) is 175 cm³/mol. The van der Waals surface area contributed by atoms with E-state index >= 15 is 0 Å². The van der Waals surface area contributed by atoms with E-state index in [9.17, 15) is 24.6 Å². The van der Waals surface area contributed by atoms with Crippen molar-refractivity contribution in [3.63, 3.8) is 0 Å². The minimum atomic E-state index is -1.02. The molecule has 0 radical (unpaired) electrons. The van der Waals surface area contributed by atoms with Crippen molar-refractivity contribution < 1.29 is 38.8 Å². The lowest BCUT2D eigenvalue weighted by Crippen LogP contribution is -2.57. The fourth-order valence-corrected chi connectivity index (χ4v) is 13.2. The van der Waals surface area contributed by atoms with Crippen LogP contribution in [0.3, 0.4) is 0 Å². The van der Waals surface area contributed by atoms with Crippen molar-refractivity contribution in [2.24, 2.45) is 51.2 Å². The van der Waals surface area contributed by atoms with E-state index < -0.39 is 12.1 Å². The van der Waals surface area contributed by atoms with Gasteiger partial charge in [-0.15, -0.1) is 0 Å². The summed E-state index contributed by atoms with van der Waals surface area (Å²) in [5, 5.41) is 21.5. The SMILES string of the molecule is CC(=O)N(CC(=O)O)CC1CC[C@H]2C(O1)[C@H](O)C1C3CCC4C(C)(C)[C@@H](OC5CN(C(=O)CC6CC6)CCO5)CC[C@@]45CC35CC[C@@]12C. The maximum absolute atomic E-state index is 12.9. The Labute approximate surface area is 285 Å². The second kappa shape index (κ2) is 11.6.